The summed E-state index contributed by atoms with van der Waals surface area (Å²) in [7, 11) is -3.23. The summed E-state index contributed by atoms with van der Waals surface area (Å²) in [5.41, 5.74) is 1.22. The Hall–Kier alpha value is -1.65. The molecule has 0 saturated carbocycles. The fraction of sp³-hybridized carbons (Fsp3) is 0.500. The van der Waals surface area contributed by atoms with Crippen LogP contribution in [0.5, 0.6) is 0 Å². The first kappa shape index (κ1) is 13.8. The maximum absolute atomic E-state index is 11.9. The second kappa shape index (κ2) is 5.55. The van der Waals surface area contributed by atoms with Crippen LogP contribution in [0.1, 0.15) is 19.0 Å². The highest BCUT2D eigenvalue weighted by atomic mass is 32.2. The summed E-state index contributed by atoms with van der Waals surface area (Å²) >= 11 is 0. The summed E-state index contributed by atoms with van der Waals surface area (Å²) in [5, 5.41) is 8.30. The molecule has 2 heterocycles. The Morgan fingerprint density at radius 2 is 2.37 bits per heavy atom. The zero-order chi connectivity index (χ0) is 13.9. The monoisotopic (exact) mass is 280 g/mol. The predicted molar refractivity (Wildman–Crippen MR) is 72.2 cm³/mol. The molecule has 1 fully saturated rings. The molecule has 0 aliphatic carbocycles. The minimum Gasteiger partial charge on any atom is -0.369 e. The first-order valence-corrected chi connectivity index (χ1v) is 7.71. The van der Waals surface area contributed by atoms with Gasteiger partial charge in [0.2, 0.25) is 10.0 Å². The van der Waals surface area contributed by atoms with E-state index < -0.39 is 10.0 Å². The fourth-order valence-electron chi connectivity index (χ4n) is 2.17. The first-order chi connectivity index (χ1) is 9.06. The summed E-state index contributed by atoms with van der Waals surface area (Å²) in [6.45, 7) is 3.33. The van der Waals surface area contributed by atoms with Crippen LogP contribution in [0.15, 0.2) is 18.3 Å². The van der Waals surface area contributed by atoms with Crippen molar-refractivity contribution in [3.63, 3.8) is 0 Å². The number of nitriles is 1. The molecule has 0 aromatic carbocycles. The van der Waals surface area contributed by atoms with Crippen LogP contribution in [0.25, 0.3) is 0 Å². The van der Waals surface area contributed by atoms with E-state index in [1.165, 1.54) is 0 Å². The highest BCUT2D eigenvalue weighted by molar-refractivity contribution is 7.90. The van der Waals surface area contributed by atoms with Crippen LogP contribution in [0.3, 0.4) is 0 Å². The number of pyridine rings is 1. The minimum atomic E-state index is -3.23. The van der Waals surface area contributed by atoms with Gasteiger partial charge in [-0.25, -0.2) is 18.1 Å². The first-order valence-electron chi connectivity index (χ1n) is 6.16. The Bertz CT molecular complexity index is 577. The van der Waals surface area contributed by atoms with Crippen molar-refractivity contribution in [1.29, 1.82) is 5.26 Å². The molecule has 1 aromatic heterocycles. The van der Waals surface area contributed by atoms with Gasteiger partial charge in [0.15, 0.2) is 0 Å². The minimum absolute atomic E-state index is 0.361. The molecule has 19 heavy (non-hydrogen) atoms. The maximum atomic E-state index is 11.9. The summed E-state index contributed by atoms with van der Waals surface area (Å²) in [4.78, 5) is 5.98. The average molecular weight is 280 g/mol. The topological polar surface area (TPSA) is 86.1 Å². The van der Waals surface area contributed by atoms with Crippen LogP contribution in [0, 0.1) is 11.3 Å². The van der Waals surface area contributed by atoms with Crippen LogP contribution in [0.2, 0.25) is 0 Å². The lowest BCUT2D eigenvalue weighted by Crippen LogP contribution is -2.36. The molecule has 0 radical (unpaired) electrons. The van der Waals surface area contributed by atoms with Crippen LogP contribution in [-0.2, 0) is 10.0 Å². The number of hydrogen-bond acceptors (Lipinski definition) is 5. The van der Waals surface area contributed by atoms with Gasteiger partial charge in [-0.2, -0.15) is 5.26 Å². The SMILES string of the molecule is CCNS(=O)(=O)[C@@H]1CCN(c2ccc(C#N)nc2)C1. The molecule has 0 amide bonds. The Labute approximate surface area is 113 Å². The predicted octanol–water partition coefficient (Wildman–Crippen LogP) is 0.471. The summed E-state index contributed by atoms with van der Waals surface area (Å²) in [6.07, 6.45) is 2.22. The van der Waals surface area contributed by atoms with Gasteiger partial charge in [-0.15, -0.1) is 0 Å². The molecule has 1 aromatic rings. The summed E-state index contributed by atoms with van der Waals surface area (Å²) < 4.78 is 26.4. The van der Waals surface area contributed by atoms with Gasteiger partial charge in [0.05, 0.1) is 17.1 Å². The van der Waals surface area contributed by atoms with E-state index in [2.05, 4.69) is 9.71 Å². The van der Waals surface area contributed by atoms with Gasteiger partial charge >= 0.3 is 0 Å². The molecule has 1 N–H and O–H groups in total. The third-order valence-corrected chi connectivity index (χ3v) is 5.11. The van der Waals surface area contributed by atoms with Gasteiger partial charge in [0.25, 0.3) is 0 Å². The molecule has 1 atom stereocenters. The van der Waals surface area contributed by atoms with E-state index >= 15 is 0 Å². The van der Waals surface area contributed by atoms with Crippen molar-refractivity contribution >= 4 is 15.7 Å². The van der Waals surface area contributed by atoms with Crippen molar-refractivity contribution in [1.82, 2.24) is 9.71 Å². The molecule has 2 rings (SSSR count). The molecule has 1 aliphatic rings. The number of hydrogen-bond donors (Lipinski definition) is 1. The number of nitrogens with zero attached hydrogens (tertiary/aromatic N) is 3. The van der Waals surface area contributed by atoms with Gasteiger partial charge in [0.1, 0.15) is 11.8 Å². The Balaban J connectivity index is 2.08. The molecular formula is C12H16N4O2S. The van der Waals surface area contributed by atoms with Crippen molar-refractivity contribution in [3.05, 3.63) is 24.0 Å². The standard InChI is InChI=1S/C12H16N4O2S/c1-2-15-19(17,18)12-5-6-16(9-12)11-4-3-10(7-13)14-8-11/h3-4,8,12,15H,2,5-6,9H2,1H3/t12-/m1/s1. The molecule has 0 spiro atoms. The smallest absolute Gasteiger partial charge is 0.216 e. The van der Waals surface area contributed by atoms with Crippen LogP contribution in [-0.4, -0.2) is 38.3 Å². The molecule has 102 valence electrons. The second-order valence-electron chi connectivity index (χ2n) is 4.41. The van der Waals surface area contributed by atoms with E-state index in [1.54, 1.807) is 25.3 Å². The molecule has 1 saturated heterocycles. The third-order valence-electron chi connectivity index (χ3n) is 3.16. The van der Waals surface area contributed by atoms with Gasteiger partial charge in [-0.05, 0) is 18.6 Å². The normalized spacial score (nSPS) is 19.4. The zero-order valence-corrected chi connectivity index (χ0v) is 11.5. The molecular weight excluding hydrogens is 264 g/mol. The lowest BCUT2D eigenvalue weighted by Gasteiger charge is -2.18. The van der Waals surface area contributed by atoms with Crippen LogP contribution < -0.4 is 9.62 Å². The highest BCUT2D eigenvalue weighted by Crippen LogP contribution is 2.22. The quantitative estimate of drug-likeness (QED) is 0.866. The van der Waals surface area contributed by atoms with E-state index in [0.717, 1.165) is 5.69 Å². The largest absolute Gasteiger partial charge is 0.369 e. The average Bonchev–Trinajstić information content (AvgIpc) is 2.89. The zero-order valence-electron chi connectivity index (χ0n) is 10.7. The lowest BCUT2D eigenvalue weighted by molar-refractivity contribution is 0.571. The Morgan fingerprint density at radius 3 is 2.95 bits per heavy atom. The van der Waals surface area contributed by atoms with Crippen LogP contribution >= 0.6 is 0 Å². The second-order valence-corrected chi connectivity index (χ2v) is 6.46. The van der Waals surface area contributed by atoms with Crippen LogP contribution in [0.4, 0.5) is 5.69 Å². The molecule has 6 nitrogen and oxygen atoms in total. The summed E-state index contributed by atoms with van der Waals surface area (Å²) in [5.74, 6) is 0. The molecule has 0 unspecified atom stereocenters. The highest BCUT2D eigenvalue weighted by Gasteiger charge is 2.32. The maximum Gasteiger partial charge on any atom is 0.216 e. The van der Waals surface area contributed by atoms with E-state index in [9.17, 15) is 8.42 Å². The van der Waals surface area contributed by atoms with Crippen molar-refractivity contribution in [2.24, 2.45) is 0 Å². The lowest BCUT2D eigenvalue weighted by atomic mass is 10.3. The van der Waals surface area contributed by atoms with Crippen molar-refractivity contribution < 1.29 is 8.42 Å². The number of aromatic nitrogens is 1. The number of rotatable bonds is 4. The van der Waals surface area contributed by atoms with Gasteiger partial charge in [-0.3, -0.25) is 0 Å². The van der Waals surface area contributed by atoms with E-state index in [1.807, 2.05) is 11.0 Å². The van der Waals surface area contributed by atoms with Gasteiger partial charge in [-0.1, -0.05) is 6.92 Å². The van der Waals surface area contributed by atoms with E-state index in [0.29, 0.717) is 31.7 Å². The number of nitrogens with one attached hydrogen (secondary N) is 1. The molecule has 1 aliphatic heterocycles. The third kappa shape index (κ3) is 3.03. The van der Waals surface area contributed by atoms with Gasteiger partial charge in [0, 0.05) is 19.6 Å². The van der Waals surface area contributed by atoms with Crippen molar-refractivity contribution in [2.75, 3.05) is 24.5 Å². The Morgan fingerprint density at radius 1 is 1.58 bits per heavy atom. The molecule has 0 bridgehead atoms. The van der Waals surface area contributed by atoms with E-state index in [-0.39, 0.29) is 5.25 Å². The Kier molecular flexibility index (Phi) is 4.02. The van der Waals surface area contributed by atoms with E-state index in [4.69, 9.17) is 5.26 Å². The number of anilines is 1. The fourth-order valence-corrected chi connectivity index (χ4v) is 3.60. The van der Waals surface area contributed by atoms with Crippen molar-refractivity contribution in [3.8, 4) is 6.07 Å². The summed E-state index contributed by atoms with van der Waals surface area (Å²) in [6, 6.07) is 5.40. The van der Waals surface area contributed by atoms with Crippen molar-refractivity contribution in [2.45, 2.75) is 18.6 Å². The van der Waals surface area contributed by atoms with Gasteiger partial charge < -0.3 is 4.90 Å². The number of sulfonamides is 1. The molecule has 7 heteroatoms.